The van der Waals surface area contributed by atoms with Gasteiger partial charge < -0.3 is 10.0 Å². The van der Waals surface area contributed by atoms with Gasteiger partial charge in [-0.25, -0.2) is 0 Å². The predicted octanol–water partition coefficient (Wildman–Crippen LogP) is 5.74. The number of hydrogen-bond acceptors (Lipinski definition) is 2. The van der Waals surface area contributed by atoms with Gasteiger partial charge in [-0.3, -0.25) is 0 Å². The molecule has 0 heterocycles. The van der Waals surface area contributed by atoms with Crippen LogP contribution in [0.25, 0.3) is 0 Å². The summed E-state index contributed by atoms with van der Waals surface area (Å²) in [5, 5.41) is 10.6. The molecule has 1 fully saturated rings. The number of aliphatic hydroxyl groups excluding tert-OH is 1. The number of hydrogen-bond donors (Lipinski definition) is 1. The normalized spacial score (nSPS) is 25.5. The molecule has 2 heteroatoms. The number of nitrogens with zero attached hydrogens (tertiary/aromatic N) is 1. The van der Waals surface area contributed by atoms with Gasteiger partial charge in [0.2, 0.25) is 0 Å². The van der Waals surface area contributed by atoms with E-state index in [1.54, 1.807) is 5.57 Å². The molecule has 0 bridgehead atoms. The fourth-order valence-electron chi connectivity index (χ4n) is 5.31. The molecule has 158 valence electrons. The van der Waals surface area contributed by atoms with Crippen LogP contribution in [0.4, 0.5) is 5.69 Å². The smallest absolute Gasteiger partial charge is 0.0611 e. The standard InChI is InChI=1S/C28H35NO/c1-20-8-6-10-21(14-20)9-4-5-13-26-27-18-23(16-24(27)19-28(26)30)15-22-11-7-12-25(17-22)29(2)3/h5-8,10-14,16-17,24,26-28,30H,4,9,15,18-19H2,1-3H3/t24-,26+,27-,28+/m0/s1. The first-order valence-electron chi connectivity index (χ1n) is 11.4. The van der Waals surface area contributed by atoms with Crippen LogP contribution in [0.2, 0.25) is 0 Å². The maximum atomic E-state index is 10.6. The zero-order valence-corrected chi connectivity index (χ0v) is 18.6. The molecule has 2 aromatic rings. The van der Waals surface area contributed by atoms with Crippen molar-refractivity contribution in [2.24, 2.45) is 17.8 Å². The quantitative estimate of drug-likeness (QED) is 0.598. The average Bonchev–Trinajstić information content (AvgIpc) is 3.22. The van der Waals surface area contributed by atoms with Crippen molar-refractivity contribution in [2.45, 2.75) is 45.1 Å². The van der Waals surface area contributed by atoms with Crippen LogP contribution in [0.1, 0.15) is 36.0 Å². The van der Waals surface area contributed by atoms with E-state index in [4.69, 9.17) is 0 Å². The Labute approximate surface area is 181 Å². The highest BCUT2D eigenvalue weighted by atomic mass is 16.3. The van der Waals surface area contributed by atoms with Gasteiger partial charge in [0, 0.05) is 25.7 Å². The second kappa shape index (κ2) is 9.22. The van der Waals surface area contributed by atoms with Crippen molar-refractivity contribution in [3.05, 3.63) is 89.0 Å². The summed E-state index contributed by atoms with van der Waals surface area (Å²) < 4.78 is 0. The number of rotatable bonds is 7. The molecule has 4 atom stereocenters. The highest BCUT2D eigenvalue weighted by Gasteiger charge is 2.43. The summed E-state index contributed by atoms with van der Waals surface area (Å²) in [6.45, 7) is 2.15. The third kappa shape index (κ3) is 4.87. The molecule has 30 heavy (non-hydrogen) atoms. The molecule has 0 unspecified atom stereocenters. The monoisotopic (exact) mass is 401 g/mol. The zero-order valence-electron chi connectivity index (χ0n) is 18.6. The fourth-order valence-corrected chi connectivity index (χ4v) is 5.31. The number of fused-ring (bicyclic) bond motifs is 1. The summed E-state index contributed by atoms with van der Waals surface area (Å²) in [6.07, 6.45) is 12.1. The minimum atomic E-state index is -0.190. The van der Waals surface area contributed by atoms with Crippen LogP contribution in [0.15, 0.2) is 72.3 Å². The van der Waals surface area contributed by atoms with E-state index < -0.39 is 0 Å². The molecule has 4 rings (SSSR count). The van der Waals surface area contributed by atoms with Gasteiger partial charge in [0.25, 0.3) is 0 Å². The average molecular weight is 402 g/mol. The summed E-state index contributed by atoms with van der Waals surface area (Å²) in [7, 11) is 4.19. The maximum Gasteiger partial charge on any atom is 0.0611 e. The van der Waals surface area contributed by atoms with Crippen molar-refractivity contribution in [1.29, 1.82) is 0 Å². The van der Waals surface area contributed by atoms with Crippen molar-refractivity contribution in [1.82, 2.24) is 0 Å². The first kappa shape index (κ1) is 20.9. The second-order valence-electron chi connectivity index (χ2n) is 9.43. The SMILES string of the molecule is Cc1cccc(CCC=C[C@@H]2[C@H]3CC(Cc4cccc(N(C)C)c4)=C[C@H]3C[C@H]2O)c1. The molecule has 2 aromatic carbocycles. The zero-order chi connectivity index (χ0) is 21.1. The lowest BCUT2D eigenvalue weighted by molar-refractivity contribution is 0.141. The number of aryl methyl sites for hydroxylation is 2. The predicted molar refractivity (Wildman–Crippen MR) is 127 cm³/mol. The molecule has 0 saturated heterocycles. The third-order valence-corrected chi connectivity index (χ3v) is 6.85. The molecule has 2 aliphatic carbocycles. The Bertz CT molecular complexity index is 926. The summed E-state index contributed by atoms with van der Waals surface area (Å²) in [6, 6.07) is 17.6. The summed E-state index contributed by atoms with van der Waals surface area (Å²) in [5.74, 6) is 1.41. The van der Waals surface area contributed by atoms with Crippen LogP contribution in [0.5, 0.6) is 0 Å². The van der Waals surface area contributed by atoms with Gasteiger partial charge in [-0.2, -0.15) is 0 Å². The van der Waals surface area contributed by atoms with E-state index in [2.05, 4.69) is 92.7 Å². The highest BCUT2D eigenvalue weighted by Crippen LogP contribution is 2.48. The van der Waals surface area contributed by atoms with E-state index >= 15 is 0 Å². The van der Waals surface area contributed by atoms with Crippen molar-refractivity contribution < 1.29 is 5.11 Å². The Kier molecular flexibility index (Phi) is 6.43. The lowest BCUT2D eigenvalue weighted by Crippen LogP contribution is -2.17. The van der Waals surface area contributed by atoms with Crippen molar-refractivity contribution in [3.63, 3.8) is 0 Å². The Balaban J connectivity index is 1.34. The maximum absolute atomic E-state index is 10.6. The largest absolute Gasteiger partial charge is 0.392 e. The van der Waals surface area contributed by atoms with E-state index in [9.17, 15) is 5.11 Å². The topological polar surface area (TPSA) is 23.5 Å². The van der Waals surface area contributed by atoms with Crippen molar-refractivity contribution >= 4 is 5.69 Å². The Hall–Kier alpha value is -2.32. The molecule has 0 aromatic heterocycles. The van der Waals surface area contributed by atoms with E-state index in [1.165, 1.54) is 22.4 Å². The first-order valence-corrected chi connectivity index (χ1v) is 11.4. The number of aliphatic hydroxyl groups is 1. The van der Waals surface area contributed by atoms with Gasteiger partial charge in [-0.15, -0.1) is 0 Å². The third-order valence-electron chi connectivity index (χ3n) is 6.85. The van der Waals surface area contributed by atoms with Crippen LogP contribution in [-0.2, 0) is 12.8 Å². The molecule has 2 aliphatic rings. The Morgan fingerprint density at radius 3 is 2.67 bits per heavy atom. The van der Waals surface area contributed by atoms with Crippen LogP contribution >= 0.6 is 0 Å². The minimum absolute atomic E-state index is 0.190. The summed E-state index contributed by atoms with van der Waals surface area (Å²) in [4.78, 5) is 2.16. The number of allylic oxidation sites excluding steroid dienone is 3. The van der Waals surface area contributed by atoms with Gasteiger partial charge in [-0.1, -0.05) is 65.8 Å². The van der Waals surface area contributed by atoms with Gasteiger partial charge in [0.15, 0.2) is 0 Å². The Morgan fingerprint density at radius 1 is 1.07 bits per heavy atom. The van der Waals surface area contributed by atoms with Crippen molar-refractivity contribution in [3.8, 4) is 0 Å². The molecule has 1 saturated carbocycles. The van der Waals surface area contributed by atoms with Gasteiger partial charge >= 0.3 is 0 Å². The van der Waals surface area contributed by atoms with Gasteiger partial charge in [0.1, 0.15) is 0 Å². The molecule has 1 N–H and O–H groups in total. The number of anilines is 1. The van der Waals surface area contributed by atoms with Crippen LogP contribution < -0.4 is 4.90 Å². The molecule has 2 nitrogen and oxygen atoms in total. The highest BCUT2D eigenvalue weighted by molar-refractivity contribution is 5.48. The van der Waals surface area contributed by atoms with Crippen LogP contribution in [-0.4, -0.2) is 25.3 Å². The van der Waals surface area contributed by atoms with E-state index in [-0.39, 0.29) is 6.10 Å². The van der Waals surface area contributed by atoms with Crippen LogP contribution in [0, 0.1) is 24.7 Å². The summed E-state index contributed by atoms with van der Waals surface area (Å²) >= 11 is 0. The van der Waals surface area contributed by atoms with E-state index in [1.807, 2.05) is 0 Å². The molecular formula is C28H35NO. The summed E-state index contributed by atoms with van der Waals surface area (Å²) in [5.41, 5.74) is 6.92. The second-order valence-corrected chi connectivity index (χ2v) is 9.43. The van der Waals surface area contributed by atoms with E-state index in [0.717, 1.165) is 32.1 Å². The lowest BCUT2D eigenvalue weighted by atomic mass is 9.88. The van der Waals surface area contributed by atoms with Gasteiger partial charge in [-0.05, 0) is 74.1 Å². The first-order chi connectivity index (χ1) is 14.5. The molecule has 0 amide bonds. The Morgan fingerprint density at radius 2 is 1.87 bits per heavy atom. The van der Waals surface area contributed by atoms with E-state index in [0.29, 0.717) is 17.8 Å². The van der Waals surface area contributed by atoms with Gasteiger partial charge in [0.05, 0.1) is 6.10 Å². The molecule has 0 radical (unpaired) electrons. The molecule has 0 aliphatic heterocycles. The minimum Gasteiger partial charge on any atom is -0.392 e. The fraction of sp³-hybridized carbons (Fsp3) is 0.429. The lowest BCUT2D eigenvalue weighted by Gasteiger charge is -2.18. The van der Waals surface area contributed by atoms with Crippen LogP contribution in [0.3, 0.4) is 0 Å². The van der Waals surface area contributed by atoms with Crippen molar-refractivity contribution in [2.75, 3.05) is 19.0 Å². The molecular weight excluding hydrogens is 366 g/mol. The number of benzene rings is 2. The molecule has 0 spiro atoms.